The second kappa shape index (κ2) is 6.06. The molecule has 1 aliphatic rings. The van der Waals surface area contributed by atoms with Crippen molar-refractivity contribution in [1.82, 2.24) is 10.3 Å². The molecule has 0 saturated carbocycles. The van der Waals surface area contributed by atoms with Gasteiger partial charge in [-0.3, -0.25) is 4.98 Å². The van der Waals surface area contributed by atoms with Crippen LogP contribution in [0, 0.1) is 0 Å². The number of benzene rings is 1. The van der Waals surface area contributed by atoms with Gasteiger partial charge >= 0.3 is 0 Å². The fourth-order valence-electron chi connectivity index (χ4n) is 2.80. The third-order valence-corrected chi connectivity index (χ3v) is 3.79. The van der Waals surface area contributed by atoms with Crippen molar-refractivity contribution in [3.63, 3.8) is 0 Å². The Labute approximate surface area is 120 Å². The van der Waals surface area contributed by atoms with Crippen LogP contribution in [0.2, 0.25) is 0 Å². The number of nitrogens with one attached hydrogen (secondary N) is 1. The van der Waals surface area contributed by atoms with Crippen LogP contribution >= 0.6 is 0 Å². The fourth-order valence-corrected chi connectivity index (χ4v) is 2.80. The molecule has 0 saturated heterocycles. The molecule has 1 N–H and O–H groups in total. The Kier molecular flexibility index (Phi) is 3.97. The minimum atomic E-state index is 0.209. The van der Waals surface area contributed by atoms with Crippen LogP contribution in [0.15, 0.2) is 48.8 Å². The molecule has 1 aromatic carbocycles. The zero-order valence-electron chi connectivity index (χ0n) is 11.8. The van der Waals surface area contributed by atoms with Crippen molar-refractivity contribution < 1.29 is 4.74 Å². The molecular weight excluding hydrogens is 248 g/mol. The molecule has 1 aliphatic heterocycles. The Hall–Kier alpha value is -1.87. The number of fused-ring (bicyclic) bond motifs is 1. The van der Waals surface area contributed by atoms with Gasteiger partial charge in [-0.2, -0.15) is 0 Å². The molecule has 0 amide bonds. The summed E-state index contributed by atoms with van der Waals surface area (Å²) in [7, 11) is 0. The first-order valence-corrected chi connectivity index (χ1v) is 7.23. The molecule has 1 aromatic heterocycles. The van der Waals surface area contributed by atoms with E-state index < -0.39 is 0 Å². The molecule has 0 bridgehead atoms. The maximum atomic E-state index is 6.12. The summed E-state index contributed by atoms with van der Waals surface area (Å²) in [5.74, 6) is 1.04. The number of hydrogen-bond acceptors (Lipinski definition) is 3. The van der Waals surface area contributed by atoms with Crippen molar-refractivity contribution in [1.29, 1.82) is 0 Å². The average Bonchev–Trinajstić information content (AvgIpc) is 2.92. The van der Waals surface area contributed by atoms with E-state index in [9.17, 15) is 0 Å². The predicted molar refractivity (Wildman–Crippen MR) is 80.0 cm³/mol. The average molecular weight is 268 g/mol. The maximum absolute atomic E-state index is 6.12. The summed E-state index contributed by atoms with van der Waals surface area (Å²) in [6, 6.07) is 12.8. The smallest absolute Gasteiger partial charge is 0.123 e. The Morgan fingerprint density at radius 3 is 2.80 bits per heavy atom. The van der Waals surface area contributed by atoms with Crippen molar-refractivity contribution in [2.75, 3.05) is 6.54 Å². The molecule has 2 unspecified atom stereocenters. The van der Waals surface area contributed by atoms with Crippen LogP contribution in [0.3, 0.4) is 0 Å². The van der Waals surface area contributed by atoms with E-state index in [0.29, 0.717) is 6.04 Å². The minimum absolute atomic E-state index is 0.209. The maximum Gasteiger partial charge on any atom is 0.123 e. The summed E-state index contributed by atoms with van der Waals surface area (Å²) in [6.45, 7) is 3.09. The Balaban J connectivity index is 1.72. The number of aromatic nitrogens is 1. The number of pyridine rings is 1. The van der Waals surface area contributed by atoms with Gasteiger partial charge in [-0.15, -0.1) is 0 Å². The van der Waals surface area contributed by atoms with E-state index in [1.165, 1.54) is 11.1 Å². The van der Waals surface area contributed by atoms with Crippen LogP contribution in [-0.4, -0.2) is 23.7 Å². The number of nitrogens with zero attached hydrogens (tertiary/aromatic N) is 1. The van der Waals surface area contributed by atoms with Gasteiger partial charge in [0.25, 0.3) is 0 Å². The SMILES string of the molecule is CCNC(Cc1ccncc1)C1Cc2ccccc2O1. The molecule has 3 nitrogen and oxygen atoms in total. The van der Waals surface area contributed by atoms with Gasteiger partial charge in [-0.05, 0) is 42.3 Å². The van der Waals surface area contributed by atoms with Crippen molar-refractivity contribution in [3.05, 3.63) is 59.9 Å². The number of rotatable bonds is 5. The van der Waals surface area contributed by atoms with Gasteiger partial charge < -0.3 is 10.1 Å². The van der Waals surface area contributed by atoms with Gasteiger partial charge in [-0.25, -0.2) is 0 Å². The van der Waals surface area contributed by atoms with Crippen LogP contribution in [-0.2, 0) is 12.8 Å². The van der Waals surface area contributed by atoms with Crippen LogP contribution < -0.4 is 10.1 Å². The number of hydrogen-bond donors (Lipinski definition) is 1. The Morgan fingerprint density at radius 1 is 1.25 bits per heavy atom. The van der Waals surface area contributed by atoms with Crippen molar-refractivity contribution in [3.8, 4) is 5.75 Å². The molecule has 3 rings (SSSR count). The first-order valence-electron chi connectivity index (χ1n) is 7.23. The summed E-state index contributed by atoms with van der Waals surface area (Å²) in [5, 5.41) is 3.56. The number of ether oxygens (including phenoxy) is 1. The molecule has 2 aromatic rings. The van der Waals surface area contributed by atoms with Crippen molar-refractivity contribution in [2.45, 2.75) is 31.9 Å². The van der Waals surface area contributed by atoms with Gasteiger partial charge in [-0.1, -0.05) is 25.1 Å². The quantitative estimate of drug-likeness (QED) is 0.905. The van der Waals surface area contributed by atoms with E-state index in [0.717, 1.165) is 25.1 Å². The van der Waals surface area contributed by atoms with Gasteiger partial charge in [0.05, 0.1) is 0 Å². The zero-order chi connectivity index (χ0) is 13.8. The lowest BCUT2D eigenvalue weighted by atomic mass is 9.98. The molecule has 20 heavy (non-hydrogen) atoms. The normalized spacial score (nSPS) is 18.4. The van der Waals surface area contributed by atoms with E-state index in [-0.39, 0.29) is 6.10 Å². The number of likely N-dealkylation sites (N-methyl/N-ethyl adjacent to an activating group) is 1. The van der Waals surface area contributed by atoms with E-state index in [4.69, 9.17) is 4.74 Å². The van der Waals surface area contributed by atoms with Gasteiger partial charge in [0.1, 0.15) is 11.9 Å². The lowest BCUT2D eigenvalue weighted by molar-refractivity contribution is 0.178. The lowest BCUT2D eigenvalue weighted by Gasteiger charge is -2.24. The standard InChI is InChI=1S/C17H20N2O/c1-2-19-15(11-13-7-9-18-10-8-13)17-12-14-5-3-4-6-16(14)20-17/h3-10,15,17,19H,2,11-12H2,1H3. The highest BCUT2D eigenvalue weighted by Gasteiger charge is 2.29. The molecule has 0 radical (unpaired) electrons. The Bertz CT molecular complexity index is 531. The topological polar surface area (TPSA) is 34.2 Å². The molecule has 3 heteroatoms. The Morgan fingerprint density at radius 2 is 2.05 bits per heavy atom. The van der Waals surface area contributed by atoms with Gasteiger partial charge in [0, 0.05) is 24.9 Å². The van der Waals surface area contributed by atoms with Crippen molar-refractivity contribution >= 4 is 0 Å². The van der Waals surface area contributed by atoms with E-state index >= 15 is 0 Å². The molecule has 0 fully saturated rings. The summed E-state index contributed by atoms with van der Waals surface area (Å²) < 4.78 is 6.12. The van der Waals surface area contributed by atoms with E-state index in [1.807, 2.05) is 18.5 Å². The molecule has 0 aliphatic carbocycles. The van der Waals surface area contributed by atoms with Crippen LogP contribution in [0.5, 0.6) is 5.75 Å². The van der Waals surface area contributed by atoms with E-state index in [2.05, 4.69) is 47.6 Å². The molecule has 2 atom stereocenters. The van der Waals surface area contributed by atoms with Crippen molar-refractivity contribution in [2.24, 2.45) is 0 Å². The largest absolute Gasteiger partial charge is 0.488 e. The highest BCUT2D eigenvalue weighted by molar-refractivity contribution is 5.37. The van der Waals surface area contributed by atoms with Crippen LogP contribution in [0.4, 0.5) is 0 Å². The highest BCUT2D eigenvalue weighted by Crippen LogP contribution is 2.30. The molecular formula is C17H20N2O. The third-order valence-electron chi connectivity index (χ3n) is 3.79. The fraction of sp³-hybridized carbons (Fsp3) is 0.353. The summed E-state index contributed by atoms with van der Waals surface area (Å²) >= 11 is 0. The molecule has 0 spiro atoms. The summed E-state index contributed by atoms with van der Waals surface area (Å²) in [6.07, 6.45) is 5.86. The molecule has 104 valence electrons. The zero-order valence-corrected chi connectivity index (χ0v) is 11.8. The molecule has 2 heterocycles. The predicted octanol–water partition coefficient (Wildman–Crippen LogP) is 2.61. The second-order valence-corrected chi connectivity index (χ2v) is 5.19. The van der Waals surface area contributed by atoms with Gasteiger partial charge in [0.15, 0.2) is 0 Å². The first kappa shape index (κ1) is 13.1. The first-order chi connectivity index (χ1) is 9.86. The van der Waals surface area contributed by atoms with E-state index in [1.54, 1.807) is 0 Å². The highest BCUT2D eigenvalue weighted by atomic mass is 16.5. The summed E-state index contributed by atoms with van der Waals surface area (Å²) in [4.78, 5) is 4.08. The summed E-state index contributed by atoms with van der Waals surface area (Å²) in [5.41, 5.74) is 2.61. The lowest BCUT2D eigenvalue weighted by Crippen LogP contribution is -2.44. The number of para-hydroxylation sites is 1. The second-order valence-electron chi connectivity index (χ2n) is 5.19. The van der Waals surface area contributed by atoms with Crippen LogP contribution in [0.1, 0.15) is 18.1 Å². The van der Waals surface area contributed by atoms with Gasteiger partial charge in [0.2, 0.25) is 0 Å². The third kappa shape index (κ3) is 2.83. The monoisotopic (exact) mass is 268 g/mol. The van der Waals surface area contributed by atoms with Crippen LogP contribution in [0.25, 0.3) is 0 Å². The minimum Gasteiger partial charge on any atom is -0.488 e.